The van der Waals surface area contributed by atoms with Gasteiger partial charge in [0.25, 0.3) is 11.8 Å². The molecule has 0 aliphatic carbocycles. The van der Waals surface area contributed by atoms with E-state index in [1.807, 2.05) is 29.4 Å². The number of hydrogen-bond donors (Lipinski definition) is 0. The number of furan rings is 1. The average molecular weight is 487 g/mol. The number of nitrogens with zero attached hydrogens (tertiary/aromatic N) is 4. The number of likely N-dealkylation sites (N-methyl/N-ethyl adjacent to an activating group) is 1. The number of hydrogen-bond acceptors (Lipinski definition) is 5. The Morgan fingerprint density at radius 2 is 1.82 bits per heavy atom. The van der Waals surface area contributed by atoms with Crippen molar-refractivity contribution in [1.82, 2.24) is 14.4 Å². The smallest absolute Gasteiger partial charge is 0.289 e. The van der Waals surface area contributed by atoms with Gasteiger partial charge in [0.05, 0.1) is 17.1 Å². The third kappa shape index (κ3) is 5.13. The first kappa shape index (κ1) is 23.5. The van der Waals surface area contributed by atoms with Crippen molar-refractivity contribution in [3.8, 4) is 0 Å². The van der Waals surface area contributed by atoms with Crippen molar-refractivity contribution in [2.24, 2.45) is 4.99 Å². The van der Waals surface area contributed by atoms with Crippen LogP contribution in [0.5, 0.6) is 0 Å². The monoisotopic (exact) mass is 486 g/mol. The quantitative estimate of drug-likeness (QED) is 0.547. The van der Waals surface area contributed by atoms with Gasteiger partial charge in [-0.3, -0.25) is 9.59 Å². The molecule has 1 aliphatic rings. The predicted octanol–water partition coefficient (Wildman–Crippen LogP) is 3.98. The number of thiazole rings is 1. The van der Waals surface area contributed by atoms with E-state index < -0.39 is 5.91 Å². The van der Waals surface area contributed by atoms with E-state index >= 15 is 0 Å². The van der Waals surface area contributed by atoms with Crippen LogP contribution in [-0.4, -0.2) is 58.9 Å². The normalized spacial score (nSPS) is 15.3. The van der Waals surface area contributed by atoms with E-state index in [4.69, 9.17) is 16.0 Å². The summed E-state index contributed by atoms with van der Waals surface area (Å²) in [6.45, 7) is 10.6. The number of aromatic nitrogens is 1. The van der Waals surface area contributed by atoms with Crippen LogP contribution in [0, 0.1) is 13.8 Å². The molecule has 1 fully saturated rings. The molecule has 9 heteroatoms. The van der Waals surface area contributed by atoms with Gasteiger partial charge < -0.3 is 18.8 Å². The maximum absolute atomic E-state index is 12.9. The van der Waals surface area contributed by atoms with Crippen molar-refractivity contribution >= 4 is 34.8 Å². The Morgan fingerprint density at radius 3 is 2.52 bits per heavy atom. The van der Waals surface area contributed by atoms with Crippen LogP contribution in [0.4, 0.5) is 0 Å². The second-order valence-corrected chi connectivity index (χ2v) is 9.59. The van der Waals surface area contributed by atoms with Crippen molar-refractivity contribution in [3.05, 3.63) is 73.9 Å². The second-order valence-electron chi connectivity index (χ2n) is 8.00. The Morgan fingerprint density at radius 1 is 1.09 bits per heavy atom. The molecule has 0 N–H and O–H groups in total. The largest absolute Gasteiger partial charge is 0.454 e. The molecule has 3 aromatic rings. The topological polar surface area (TPSA) is 71.1 Å². The maximum Gasteiger partial charge on any atom is 0.289 e. The summed E-state index contributed by atoms with van der Waals surface area (Å²) in [7, 11) is 0. The van der Waals surface area contributed by atoms with Crippen LogP contribution in [0.1, 0.15) is 44.2 Å². The molecule has 0 radical (unpaired) electrons. The molecule has 2 aromatic heterocycles. The first-order valence-electron chi connectivity index (χ1n) is 11.0. The van der Waals surface area contributed by atoms with Crippen molar-refractivity contribution < 1.29 is 14.0 Å². The summed E-state index contributed by atoms with van der Waals surface area (Å²) >= 11 is 7.60. The summed E-state index contributed by atoms with van der Waals surface area (Å²) in [4.78, 5) is 35.7. The van der Waals surface area contributed by atoms with Crippen LogP contribution < -0.4 is 4.80 Å². The number of halogens is 1. The van der Waals surface area contributed by atoms with E-state index in [0.29, 0.717) is 46.5 Å². The second kappa shape index (κ2) is 10.1. The number of carbonyl (C=O) groups is 2. The molecule has 7 nitrogen and oxygen atoms in total. The van der Waals surface area contributed by atoms with Gasteiger partial charge in [0.15, 0.2) is 10.6 Å². The van der Waals surface area contributed by atoms with Gasteiger partial charge in [0.1, 0.15) is 5.76 Å². The lowest BCUT2D eigenvalue weighted by Gasteiger charge is -2.33. The summed E-state index contributed by atoms with van der Waals surface area (Å²) in [5.74, 6) is 0.500. The molecule has 4 rings (SSSR count). The Kier molecular flexibility index (Phi) is 7.17. The molecule has 0 atom stereocenters. The maximum atomic E-state index is 12.9. The molecule has 0 unspecified atom stereocenters. The van der Waals surface area contributed by atoms with Crippen LogP contribution in [0.2, 0.25) is 5.02 Å². The Balaban J connectivity index is 1.55. The highest BCUT2D eigenvalue weighted by Gasteiger charge is 2.24. The van der Waals surface area contributed by atoms with E-state index in [1.54, 1.807) is 30.3 Å². The van der Waals surface area contributed by atoms with E-state index in [1.165, 1.54) is 11.3 Å². The van der Waals surface area contributed by atoms with Gasteiger partial charge >= 0.3 is 0 Å². The Labute approximate surface area is 201 Å². The van der Waals surface area contributed by atoms with Crippen molar-refractivity contribution in [3.63, 3.8) is 0 Å². The van der Waals surface area contributed by atoms with Crippen LogP contribution in [-0.2, 0) is 6.54 Å². The molecular formula is C24H27ClN4O3S. The summed E-state index contributed by atoms with van der Waals surface area (Å²) in [5, 5.41) is 0.372. The van der Waals surface area contributed by atoms with E-state index in [0.717, 1.165) is 30.2 Å². The van der Waals surface area contributed by atoms with Gasteiger partial charge in [-0.25, -0.2) is 0 Å². The molecule has 2 amide bonds. The minimum atomic E-state index is -0.392. The lowest BCUT2D eigenvalue weighted by molar-refractivity contribution is 0.0610. The highest BCUT2D eigenvalue weighted by Crippen LogP contribution is 2.18. The number of rotatable bonds is 5. The minimum absolute atomic E-state index is 0.0842. The van der Waals surface area contributed by atoms with Gasteiger partial charge in [-0.15, -0.1) is 11.3 Å². The molecule has 0 bridgehead atoms. The van der Waals surface area contributed by atoms with E-state index in [2.05, 4.69) is 16.8 Å². The zero-order valence-corrected chi connectivity index (χ0v) is 20.6. The molecular weight excluding hydrogens is 460 g/mol. The highest BCUT2D eigenvalue weighted by molar-refractivity contribution is 7.09. The number of carbonyl (C=O) groups excluding carboxylic acids is 2. The molecule has 1 aromatic carbocycles. The van der Waals surface area contributed by atoms with Gasteiger partial charge in [0.2, 0.25) is 0 Å². The fourth-order valence-corrected chi connectivity index (χ4v) is 5.00. The van der Waals surface area contributed by atoms with Gasteiger partial charge in [-0.05, 0) is 44.7 Å². The fraction of sp³-hybridized carbons (Fsp3) is 0.375. The van der Waals surface area contributed by atoms with E-state index in [-0.39, 0.29) is 5.91 Å². The number of aryl methyl sites for hydroxylation is 1. The molecule has 0 saturated carbocycles. The molecule has 3 heterocycles. The number of benzene rings is 1. The number of amides is 2. The van der Waals surface area contributed by atoms with Crippen LogP contribution in [0.15, 0.2) is 45.8 Å². The Bertz CT molecular complexity index is 1230. The lowest BCUT2D eigenvalue weighted by Crippen LogP contribution is -2.48. The van der Waals surface area contributed by atoms with Gasteiger partial charge in [0, 0.05) is 36.8 Å². The highest BCUT2D eigenvalue weighted by atomic mass is 35.5. The average Bonchev–Trinajstić information content (AvgIpc) is 3.39. The van der Waals surface area contributed by atoms with Crippen LogP contribution in [0.25, 0.3) is 0 Å². The van der Waals surface area contributed by atoms with Gasteiger partial charge in [-0.1, -0.05) is 30.7 Å². The van der Waals surface area contributed by atoms with Crippen molar-refractivity contribution in [2.75, 3.05) is 32.7 Å². The van der Waals surface area contributed by atoms with Gasteiger partial charge in [-0.2, -0.15) is 4.99 Å². The van der Waals surface area contributed by atoms with E-state index in [9.17, 15) is 9.59 Å². The summed E-state index contributed by atoms with van der Waals surface area (Å²) in [5.41, 5.74) is 1.36. The molecule has 33 heavy (non-hydrogen) atoms. The van der Waals surface area contributed by atoms with Crippen LogP contribution in [0.3, 0.4) is 0 Å². The molecule has 0 spiro atoms. The first-order chi connectivity index (χ1) is 15.9. The predicted molar refractivity (Wildman–Crippen MR) is 129 cm³/mol. The summed E-state index contributed by atoms with van der Waals surface area (Å²) in [6.07, 6.45) is 0. The molecule has 174 valence electrons. The van der Waals surface area contributed by atoms with Crippen LogP contribution >= 0.6 is 22.9 Å². The third-order valence-electron chi connectivity index (χ3n) is 5.98. The fourth-order valence-electron chi connectivity index (χ4n) is 3.81. The van der Waals surface area contributed by atoms with Crippen molar-refractivity contribution in [1.29, 1.82) is 0 Å². The lowest BCUT2D eigenvalue weighted by atomic mass is 10.2. The summed E-state index contributed by atoms with van der Waals surface area (Å²) < 4.78 is 7.85. The Hall–Kier alpha value is -2.68. The zero-order chi connectivity index (χ0) is 23.5. The number of piperazine rings is 1. The standard InChI is InChI=1S/C24H27ClN4O3S/c1-4-27-11-13-28(14-12-27)23(31)21-10-9-18(32-21)15-29-16(2)17(3)33-24(29)26-22(30)19-7-5-6-8-20(19)25/h5-10H,4,11-15H2,1-3H3. The first-order valence-corrected chi connectivity index (χ1v) is 12.2. The zero-order valence-electron chi connectivity index (χ0n) is 19.0. The van der Waals surface area contributed by atoms with Crippen molar-refractivity contribution in [2.45, 2.75) is 27.3 Å². The molecule has 1 saturated heterocycles. The third-order valence-corrected chi connectivity index (χ3v) is 7.41. The summed E-state index contributed by atoms with van der Waals surface area (Å²) in [6, 6.07) is 10.4. The SMILES string of the molecule is CCN1CCN(C(=O)c2ccc(Cn3c(C)c(C)sc3=NC(=O)c3ccccc3Cl)o2)CC1. The minimum Gasteiger partial charge on any atom is -0.454 e. The molecule has 1 aliphatic heterocycles.